The number of nitrogens with one attached hydrogen (secondary N) is 1. The zero-order chi connectivity index (χ0) is 16.4. The fraction of sp³-hybridized carbons (Fsp3) is 0.278. The Morgan fingerprint density at radius 3 is 2.83 bits per heavy atom. The topological polar surface area (TPSA) is 50.1 Å². The van der Waals surface area contributed by atoms with Gasteiger partial charge in [0.25, 0.3) is 0 Å². The van der Waals surface area contributed by atoms with Crippen LogP contribution in [0.15, 0.2) is 42.5 Å². The zero-order valence-corrected chi connectivity index (χ0v) is 13.3. The minimum Gasteiger partial charge on any atom is -0.505 e. The quantitative estimate of drug-likeness (QED) is 0.760. The third-order valence-corrected chi connectivity index (χ3v) is 4.12. The van der Waals surface area contributed by atoms with Gasteiger partial charge in [-0.05, 0) is 30.7 Å². The van der Waals surface area contributed by atoms with Crippen molar-refractivity contribution in [3.05, 3.63) is 59.5 Å². The SMILES string of the molecule is CC(NCCc1nn(C)c2ccccc12)c1ccc(F)c(O)c1. The van der Waals surface area contributed by atoms with Gasteiger partial charge in [-0.2, -0.15) is 5.10 Å². The monoisotopic (exact) mass is 313 g/mol. The van der Waals surface area contributed by atoms with E-state index in [0.29, 0.717) is 0 Å². The van der Waals surface area contributed by atoms with Gasteiger partial charge < -0.3 is 10.4 Å². The molecular formula is C18H20FN3O. The summed E-state index contributed by atoms with van der Waals surface area (Å²) in [6.45, 7) is 2.74. The van der Waals surface area contributed by atoms with E-state index in [1.54, 1.807) is 6.07 Å². The molecule has 4 nitrogen and oxygen atoms in total. The predicted octanol–water partition coefficient (Wildman–Crippen LogP) is 3.31. The average Bonchev–Trinajstić information content (AvgIpc) is 2.87. The van der Waals surface area contributed by atoms with Crippen LogP contribution in [0.25, 0.3) is 10.9 Å². The van der Waals surface area contributed by atoms with Gasteiger partial charge in [0, 0.05) is 31.4 Å². The minimum atomic E-state index is -0.596. The lowest BCUT2D eigenvalue weighted by molar-refractivity contribution is 0.430. The molecule has 1 heterocycles. The van der Waals surface area contributed by atoms with Crippen LogP contribution >= 0.6 is 0 Å². The zero-order valence-electron chi connectivity index (χ0n) is 13.3. The van der Waals surface area contributed by atoms with Crippen molar-refractivity contribution in [1.82, 2.24) is 15.1 Å². The maximum absolute atomic E-state index is 13.1. The van der Waals surface area contributed by atoms with Crippen molar-refractivity contribution >= 4 is 10.9 Å². The Morgan fingerprint density at radius 1 is 1.26 bits per heavy atom. The molecule has 0 bridgehead atoms. The van der Waals surface area contributed by atoms with Gasteiger partial charge in [0.05, 0.1) is 11.2 Å². The Morgan fingerprint density at radius 2 is 2.04 bits per heavy atom. The lowest BCUT2D eigenvalue weighted by atomic mass is 10.1. The second kappa shape index (κ2) is 6.38. The van der Waals surface area contributed by atoms with Crippen LogP contribution in [0, 0.1) is 5.82 Å². The summed E-state index contributed by atoms with van der Waals surface area (Å²) in [4.78, 5) is 0. The van der Waals surface area contributed by atoms with E-state index in [-0.39, 0.29) is 11.8 Å². The van der Waals surface area contributed by atoms with Crippen molar-refractivity contribution in [2.75, 3.05) is 6.54 Å². The standard InChI is InChI=1S/C18H20FN3O/c1-12(13-7-8-15(19)18(23)11-13)20-10-9-16-14-5-3-4-6-17(14)22(2)21-16/h3-8,11-12,20,23H,9-10H2,1-2H3. The van der Waals surface area contributed by atoms with E-state index in [1.165, 1.54) is 17.5 Å². The van der Waals surface area contributed by atoms with E-state index in [0.717, 1.165) is 29.7 Å². The number of nitrogens with zero attached hydrogens (tertiary/aromatic N) is 2. The number of para-hydroxylation sites is 1. The number of aromatic hydroxyl groups is 1. The smallest absolute Gasteiger partial charge is 0.164 e. The number of phenols is 1. The van der Waals surface area contributed by atoms with Crippen molar-refractivity contribution < 1.29 is 9.50 Å². The van der Waals surface area contributed by atoms with Gasteiger partial charge in [0.1, 0.15) is 0 Å². The molecule has 0 aliphatic carbocycles. The van der Waals surface area contributed by atoms with Crippen molar-refractivity contribution in [3.8, 4) is 5.75 Å². The van der Waals surface area contributed by atoms with Gasteiger partial charge in [-0.15, -0.1) is 0 Å². The molecule has 1 atom stereocenters. The molecule has 3 rings (SSSR count). The van der Waals surface area contributed by atoms with Crippen molar-refractivity contribution in [2.24, 2.45) is 7.05 Å². The normalized spacial score (nSPS) is 12.7. The molecular weight excluding hydrogens is 293 g/mol. The molecule has 0 saturated carbocycles. The van der Waals surface area contributed by atoms with Crippen molar-refractivity contribution in [2.45, 2.75) is 19.4 Å². The Labute approximate surface area is 134 Å². The van der Waals surface area contributed by atoms with Crippen LogP contribution in [0.2, 0.25) is 0 Å². The van der Waals surface area contributed by atoms with Crippen molar-refractivity contribution in [3.63, 3.8) is 0 Å². The molecule has 5 heteroatoms. The second-order valence-electron chi connectivity index (χ2n) is 5.72. The summed E-state index contributed by atoms with van der Waals surface area (Å²) < 4.78 is 15.0. The number of phenolic OH excluding ortho intramolecular Hbond substituents is 1. The van der Waals surface area contributed by atoms with Gasteiger partial charge >= 0.3 is 0 Å². The van der Waals surface area contributed by atoms with E-state index in [1.807, 2.05) is 30.8 Å². The molecule has 23 heavy (non-hydrogen) atoms. The summed E-state index contributed by atoms with van der Waals surface area (Å²) >= 11 is 0. The predicted molar refractivity (Wildman–Crippen MR) is 88.9 cm³/mol. The fourth-order valence-electron chi connectivity index (χ4n) is 2.80. The highest BCUT2D eigenvalue weighted by Crippen LogP contribution is 2.22. The molecule has 0 amide bonds. The van der Waals surface area contributed by atoms with Gasteiger partial charge in [0.15, 0.2) is 11.6 Å². The van der Waals surface area contributed by atoms with Crippen LogP contribution in [0.1, 0.15) is 24.2 Å². The van der Waals surface area contributed by atoms with E-state index < -0.39 is 5.82 Å². The minimum absolute atomic E-state index is 0.0245. The lowest BCUT2D eigenvalue weighted by Gasteiger charge is -2.14. The molecule has 1 aromatic heterocycles. The van der Waals surface area contributed by atoms with Gasteiger partial charge in [-0.1, -0.05) is 24.3 Å². The average molecular weight is 313 g/mol. The fourth-order valence-corrected chi connectivity index (χ4v) is 2.80. The molecule has 3 aromatic rings. The van der Waals surface area contributed by atoms with Crippen LogP contribution in [-0.2, 0) is 13.5 Å². The molecule has 0 radical (unpaired) electrons. The summed E-state index contributed by atoms with van der Waals surface area (Å²) in [6, 6.07) is 12.6. The third-order valence-electron chi connectivity index (χ3n) is 4.12. The Balaban J connectivity index is 1.65. The molecule has 0 aliphatic rings. The number of aryl methyl sites for hydroxylation is 1. The first-order valence-electron chi connectivity index (χ1n) is 7.68. The summed E-state index contributed by atoms with van der Waals surface area (Å²) in [5, 5.41) is 18.6. The van der Waals surface area contributed by atoms with Gasteiger partial charge in [0.2, 0.25) is 0 Å². The van der Waals surface area contributed by atoms with E-state index in [4.69, 9.17) is 0 Å². The number of fused-ring (bicyclic) bond motifs is 1. The first-order valence-corrected chi connectivity index (χ1v) is 7.68. The van der Waals surface area contributed by atoms with Crippen LogP contribution in [0.4, 0.5) is 4.39 Å². The maximum Gasteiger partial charge on any atom is 0.164 e. The van der Waals surface area contributed by atoms with E-state index in [9.17, 15) is 9.50 Å². The van der Waals surface area contributed by atoms with Crippen molar-refractivity contribution in [1.29, 1.82) is 0 Å². The molecule has 0 saturated heterocycles. The highest BCUT2D eigenvalue weighted by atomic mass is 19.1. The van der Waals surface area contributed by atoms with E-state index >= 15 is 0 Å². The maximum atomic E-state index is 13.1. The van der Waals surface area contributed by atoms with Crippen LogP contribution in [0.3, 0.4) is 0 Å². The molecule has 2 N–H and O–H groups in total. The van der Waals surface area contributed by atoms with E-state index in [2.05, 4.69) is 22.5 Å². The largest absolute Gasteiger partial charge is 0.505 e. The number of rotatable bonds is 5. The third kappa shape index (κ3) is 3.19. The van der Waals surface area contributed by atoms with Crippen LogP contribution < -0.4 is 5.32 Å². The van der Waals surface area contributed by atoms with Crippen LogP contribution in [-0.4, -0.2) is 21.4 Å². The summed E-state index contributed by atoms with van der Waals surface area (Å²) in [5.74, 6) is -0.909. The number of aromatic nitrogens is 2. The number of benzene rings is 2. The highest BCUT2D eigenvalue weighted by molar-refractivity contribution is 5.81. The van der Waals surface area contributed by atoms with Gasteiger partial charge in [-0.3, -0.25) is 4.68 Å². The van der Waals surface area contributed by atoms with Crippen LogP contribution in [0.5, 0.6) is 5.75 Å². The molecule has 120 valence electrons. The Hall–Kier alpha value is -2.40. The second-order valence-corrected chi connectivity index (χ2v) is 5.72. The number of hydrogen-bond acceptors (Lipinski definition) is 3. The molecule has 1 unspecified atom stereocenters. The molecule has 0 spiro atoms. The Bertz CT molecular complexity index is 828. The first-order chi connectivity index (χ1) is 11.1. The lowest BCUT2D eigenvalue weighted by Crippen LogP contribution is -2.21. The summed E-state index contributed by atoms with van der Waals surface area (Å²) in [7, 11) is 1.95. The molecule has 0 fully saturated rings. The number of hydrogen-bond donors (Lipinski definition) is 2. The van der Waals surface area contributed by atoms with Gasteiger partial charge in [-0.25, -0.2) is 4.39 Å². The molecule has 2 aromatic carbocycles. The Kier molecular flexibility index (Phi) is 4.30. The summed E-state index contributed by atoms with van der Waals surface area (Å²) in [6.07, 6.45) is 0.804. The summed E-state index contributed by atoms with van der Waals surface area (Å²) in [5.41, 5.74) is 3.04. The molecule has 0 aliphatic heterocycles. The highest BCUT2D eigenvalue weighted by Gasteiger charge is 2.10. The number of halogens is 1. The first kappa shape index (κ1) is 15.5.